The predicted octanol–water partition coefficient (Wildman–Crippen LogP) is 4.58. The van der Waals surface area contributed by atoms with Crippen LogP contribution in [0.25, 0.3) is 0 Å². The highest BCUT2D eigenvalue weighted by Gasteiger charge is 2.10. The van der Waals surface area contributed by atoms with Gasteiger partial charge in [-0.05, 0) is 60.8 Å². The minimum atomic E-state index is -0.409. The molecule has 0 bridgehead atoms. The van der Waals surface area contributed by atoms with Crippen LogP contribution in [0.5, 0.6) is 0 Å². The van der Waals surface area contributed by atoms with E-state index in [-0.39, 0.29) is 11.6 Å². The average molecular weight is 367 g/mol. The molecule has 3 rings (SSSR count). The van der Waals surface area contributed by atoms with Gasteiger partial charge in [0.05, 0.1) is 5.69 Å². The zero-order valence-corrected chi connectivity index (χ0v) is 15.0. The largest absolute Gasteiger partial charge is 0.348 e. The van der Waals surface area contributed by atoms with Gasteiger partial charge in [0, 0.05) is 29.4 Å². The third-order valence-electron chi connectivity index (χ3n) is 3.70. The number of nitrogens with zero attached hydrogens (tertiary/aromatic N) is 1. The topological polar surface area (TPSA) is 54.0 Å². The van der Waals surface area contributed by atoms with Crippen molar-refractivity contribution in [2.75, 3.05) is 4.72 Å². The van der Waals surface area contributed by atoms with Crippen molar-refractivity contribution in [3.8, 4) is 0 Å². The fraction of sp³-hybridized carbons (Fsp3) is 0.100. The smallest absolute Gasteiger partial charge is 0.251 e. The van der Waals surface area contributed by atoms with Crippen molar-refractivity contribution in [2.24, 2.45) is 0 Å². The number of halogens is 1. The van der Waals surface area contributed by atoms with Crippen molar-refractivity contribution in [1.29, 1.82) is 0 Å². The molecule has 0 spiro atoms. The lowest BCUT2D eigenvalue weighted by molar-refractivity contribution is 0.0951. The molecule has 2 N–H and O–H groups in total. The third kappa shape index (κ3) is 4.83. The highest BCUT2D eigenvalue weighted by Crippen LogP contribution is 2.24. The molecule has 0 saturated carbocycles. The molecule has 132 valence electrons. The second-order valence-electron chi connectivity index (χ2n) is 5.76. The Morgan fingerprint density at radius 1 is 1.15 bits per heavy atom. The summed E-state index contributed by atoms with van der Waals surface area (Å²) >= 11 is 1.30. The lowest BCUT2D eigenvalue weighted by Crippen LogP contribution is -2.22. The van der Waals surface area contributed by atoms with E-state index in [4.69, 9.17) is 0 Å². The summed E-state index contributed by atoms with van der Waals surface area (Å²) in [6.45, 7) is 2.38. The quantitative estimate of drug-likeness (QED) is 0.626. The molecule has 0 aliphatic heterocycles. The maximum atomic E-state index is 14.0. The number of hydrogen-bond acceptors (Lipinski definition) is 4. The standard InChI is InChI=1S/C20H18FN3OS/c1-14-4-7-17(8-5-14)26-24-19-11-16(6-9-18(19)21)20(25)23-13-15-3-2-10-22-12-15/h2-12,24H,13H2,1H3,(H,23,25). The van der Waals surface area contributed by atoms with Crippen LogP contribution in [0.1, 0.15) is 21.5 Å². The first kappa shape index (κ1) is 17.9. The molecule has 1 amide bonds. The summed E-state index contributed by atoms with van der Waals surface area (Å²) in [5.41, 5.74) is 2.72. The van der Waals surface area contributed by atoms with Gasteiger partial charge >= 0.3 is 0 Å². The Morgan fingerprint density at radius 3 is 2.69 bits per heavy atom. The summed E-state index contributed by atoms with van der Waals surface area (Å²) in [5, 5.41) is 2.81. The fourth-order valence-corrected chi connectivity index (χ4v) is 2.91. The minimum absolute atomic E-state index is 0.266. The molecule has 0 atom stereocenters. The Labute approximate surface area is 156 Å². The molecule has 0 aliphatic rings. The van der Waals surface area contributed by atoms with E-state index in [1.807, 2.05) is 43.3 Å². The molecule has 0 aliphatic carbocycles. The Hall–Kier alpha value is -2.86. The highest BCUT2D eigenvalue weighted by molar-refractivity contribution is 8.00. The number of nitrogens with one attached hydrogen (secondary N) is 2. The number of aromatic nitrogens is 1. The molecule has 4 nitrogen and oxygen atoms in total. The van der Waals surface area contributed by atoms with E-state index in [2.05, 4.69) is 15.0 Å². The number of amides is 1. The number of carbonyl (C=O) groups is 1. The molecule has 1 heterocycles. The van der Waals surface area contributed by atoms with Gasteiger partial charge in [0.1, 0.15) is 5.82 Å². The van der Waals surface area contributed by atoms with Crippen LogP contribution in [0.4, 0.5) is 10.1 Å². The molecule has 0 saturated heterocycles. The molecule has 0 radical (unpaired) electrons. The van der Waals surface area contributed by atoms with Gasteiger partial charge in [0.25, 0.3) is 5.91 Å². The Balaban J connectivity index is 1.64. The van der Waals surface area contributed by atoms with E-state index in [0.717, 1.165) is 16.0 Å². The van der Waals surface area contributed by atoms with E-state index in [1.54, 1.807) is 12.4 Å². The van der Waals surface area contributed by atoms with Crippen LogP contribution in [0.15, 0.2) is 71.9 Å². The molecule has 3 aromatic rings. The molecule has 0 fully saturated rings. The van der Waals surface area contributed by atoms with Crippen LogP contribution in [0.2, 0.25) is 0 Å². The van der Waals surface area contributed by atoms with Crippen LogP contribution in [0, 0.1) is 12.7 Å². The summed E-state index contributed by atoms with van der Waals surface area (Å²) in [5.74, 6) is -0.675. The molecular weight excluding hydrogens is 349 g/mol. The second-order valence-corrected chi connectivity index (χ2v) is 6.64. The summed E-state index contributed by atoms with van der Waals surface area (Å²) in [6, 6.07) is 15.8. The second kappa shape index (κ2) is 8.49. The van der Waals surface area contributed by atoms with Gasteiger partial charge in [0.2, 0.25) is 0 Å². The molecule has 1 aromatic heterocycles. The summed E-state index contributed by atoms with van der Waals surface area (Å²) in [6.07, 6.45) is 3.37. The lowest BCUT2D eigenvalue weighted by Gasteiger charge is -2.10. The number of benzene rings is 2. The molecule has 0 unspecified atom stereocenters. The van der Waals surface area contributed by atoms with Crippen molar-refractivity contribution in [1.82, 2.24) is 10.3 Å². The molecule has 26 heavy (non-hydrogen) atoms. The van der Waals surface area contributed by atoms with Gasteiger partial charge in [0.15, 0.2) is 0 Å². The number of rotatable bonds is 6. The van der Waals surface area contributed by atoms with E-state index < -0.39 is 5.82 Å². The number of carbonyl (C=O) groups excluding carboxylic acids is 1. The van der Waals surface area contributed by atoms with Gasteiger partial charge < -0.3 is 10.0 Å². The van der Waals surface area contributed by atoms with Gasteiger partial charge in [-0.2, -0.15) is 0 Å². The number of pyridine rings is 1. The van der Waals surface area contributed by atoms with Crippen molar-refractivity contribution in [2.45, 2.75) is 18.4 Å². The first-order valence-electron chi connectivity index (χ1n) is 8.08. The highest BCUT2D eigenvalue weighted by atomic mass is 32.2. The lowest BCUT2D eigenvalue weighted by atomic mass is 10.2. The van der Waals surface area contributed by atoms with Crippen molar-refractivity contribution < 1.29 is 9.18 Å². The monoisotopic (exact) mass is 367 g/mol. The van der Waals surface area contributed by atoms with Gasteiger partial charge in [-0.25, -0.2) is 4.39 Å². The zero-order chi connectivity index (χ0) is 18.4. The normalized spacial score (nSPS) is 10.4. The average Bonchev–Trinajstić information content (AvgIpc) is 2.67. The van der Waals surface area contributed by atoms with Crippen molar-refractivity contribution >= 4 is 23.5 Å². The summed E-state index contributed by atoms with van der Waals surface area (Å²) < 4.78 is 17.0. The Kier molecular flexibility index (Phi) is 5.86. The molecule has 2 aromatic carbocycles. The maximum absolute atomic E-state index is 14.0. The Bertz CT molecular complexity index is 885. The maximum Gasteiger partial charge on any atom is 0.251 e. The van der Waals surface area contributed by atoms with E-state index >= 15 is 0 Å². The van der Waals surface area contributed by atoms with Crippen molar-refractivity contribution in [3.05, 3.63) is 89.5 Å². The van der Waals surface area contributed by atoms with Crippen LogP contribution < -0.4 is 10.0 Å². The van der Waals surface area contributed by atoms with Crippen LogP contribution in [0.3, 0.4) is 0 Å². The number of hydrogen-bond donors (Lipinski definition) is 2. The Morgan fingerprint density at radius 2 is 1.96 bits per heavy atom. The van der Waals surface area contributed by atoms with E-state index in [9.17, 15) is 9.18 Å². The van der Waals surface area contributed by atoms with Crippen LogP contribution >= 0.6 is 11.9 Å². The summed E-state index contributed by atoms with van der Waals surface area (Å²) in [4.78, 5) is 17.3. The minimum Gasteiger partial charge on any atom is -0.348 e. The first-order valence-corrected chi connectivity index (χ1v) is 8.89. The number of anilines is 1. The molecular formula is C20H18FN3OS. The van der Waals surface area contributed by atoms with Gasteiger partial charge in [-0.3, -0.25) is 9.78 Å². The first-order chi connectivity index (χ1) is 12.6. The van der Waals surface area contributed by atoms with Crippen LogP contribution in [-0.2, 0) is 6.54 Å². The van der Waals surface area contributed by atoms with Crippen LogP contribution in [-0.4, -0.2) is 10.9 Å². The summed E-state index contributed by atoms with van der Waals surface area (Å²) in [7, 11) is 0. The van der Waals surface area contributed by atoms with E-state index in [1.165, 1.54) is 30.1 Å². The zero-order valence-electron chi connectivity index (χ0n) is 14.2. The fourth-order valence-electron chi connectivity index (χ4n) is 2.25. The predicted molar refractivity (Wildman–Crippen MR) is 102 cm³/mol. The SMILES string of the molecule is Cc1ccc(SNc2cc(C(=O)NCc3cccnc3)ccc2F)cc1. The van der Waals surface area contributed by atoms with Gasteiger partial charge in [-0.15, -0.1) is 0 Å². The molecule has 6 heteroatoms. The van der Waals surface area contributed by atoms with Gasteiger partial charge in [-0.1, -0.05) is 23.8 Å². The van der Waals surface area contributed by atoms with E-state index in [0.29, 0.717) is 12.1 Å². The number of aryl methyl sites for hydroxylation is 1. The third-order valence-corrected chi connectivity index (χ3v) is 4.53. The van der Waals surface area contributed by atoms with Crippen molar-refractivity contribution in [3.63, 3.8) is 0 Å².